The molecule has 16 heavy (non-hydrogen) atoms. The van der Waals surface area contributed by atoms with Crippen molar-refractivity contribution in [2.24, 2.45) is 0 Å². The van der Waals surface area contributed by atoms with Crippen molar-refractivity contribution in [1.29, 1.82) is 5.26 Å². The van der Waals surface area contributed by atoms with Crippen LogP contribution >= 0.6 is 0 Å². The molecule has 0 amide bonds. The maximum atomic E-state index is 11.2. The second kappa shape index (κ2) is 4.98. The van der Waals surface area contributed by atoms with Crippen molar-refractivity contribution in [2.75, 3.05) is 18.2 Å². The van der Waals surface area contributed by atoms with E-state index >= 15 is 0 Å². The molecule has 6 nitrogen and oxygen atoms in total. The normalized spacial score (nSPS) is 11.3. The van der Waals surface area contributed by atoms with E-state index in [4.69, 9.17) is 11.0 Å². The van der Waals surface area contributed by atoms with E-state index < -0.39 is 12.0 Å². The zero-order chi connectivity index (χ0) is 12.1. The Labute approximate surface area is 93.0 Å². The number of nitrogens with zero attached hydrogens (tertiary/aromatic N) is 2. The highest BCUT2D eigenvalue weighted by Crippen LogP contribution is 2.15. The van der Waals surface area contributed by atoms with Crippen LogP contribution in [0.15, 0.2) is 12.3 Å². The largest absolute Gasteiger partial charge is 0.467 e. The summed E-state index contributed by atoms with van der Waals surface area (Å²) in [6, 6.07) is 2.85. The fraction of sp³-hybridized carbons (Fsp3) is 0.300. The molecular weight excluding hydrogens is 208 g/mol. The summed E-state index contributed by atoms with van der Waals surface area (Å²) in [6.45, 7) is 1.62. The number of pyridine rings is 1. The van der Waals surface area contributed by atoms with Gasteiger partial charge >= 0.3 is 5.97 Å². The predicted molar refractivity (Wildman–Crippen MR) is 58.5 cm³/mol. The molecule has 1 rings (SSSR count). The molecule has 0 aliphatic rings. The number of methoxy groups -OCH3 is 1. The summed E-state index contributed by atoms with van der Waals surface area (Å²) < 4.78 is 4.54. The summed E-state index contributed by atoms with van der Waals surface area (Å²) in [5.41, 5.74) is 6.17. The van der Waals surface area contributed by atoms with Gasteiger partial charge in [-0.15, -0.1) is 0 Å². The van der Waals surface area contributed by atoms with Gasteiger partial charge in [0.15, 0.2) is 0 Å². The van der Waals surface area contributed by atoms with Gasteiger partial charge in [0, 0.05) is 0 Å². The lowest BCUT2D eigenvalue weighted by Crippen LogP contribution is -2.28. The van der Waals surface area contributed by atoms with Crippen LogP contribution in [-0.2, 0) is 9.53 Å². The first kappa shape index (κ1) is 11.8. The molecular formula is C10H12N4O2. The minimum atomic E-state index is -0.576. The lowest BCUT2D eigenvalue weighted by molar-refractivity contribution is -0.141. The third-order valence-corrected chi connectivity index (χ3v) is 1.94. The Kier molecular flexibility index (Phi) is 3.67. The molecule has 0 saturated heterocycles. The van der Waals surface area contributed by atoms with Gasteiger partial charge in [-0.05, 0) is 13.0 Å². The maximum Gasteiger partial charge on any atom is 0.328 e. The summed E-state index contributed by atoms with van der Waals surface area (Å²) in [5.74, 6) is -0.114. The first-order valence-corrected chi connectivity index (χ1v) is 4.58. The van der Waals surface area contributed by atoms with Crippen LogP contribution in [-0.4, -0.2) is 24.1 Å². The second-order valence-electron chi connectivity index (χ2n) is 3.17. The monoisotopic (exact) mass is 220 g/mol. The number of rotatable bonds is 3. The van der Waals surface area contributed by atoms with Gasteiger partial charge in [0.25, 0.3) is 0 Å². The molecule has 1 unspecified atom stereocenters. The zero-order valence-corrected chi connectivity index (χ0v) is 9.02. The Hall–Kier alpha value is -2.29. The SMILES string of the molecule is COC(=O)C(C)Nc1ncc(N)cc1C#N. The number of nitriles is 1. The predicted octanol–water partition coefficient (Wildman–Crippen LogP) is 0.509. The topological polar surface area (TPSA) is 101 Å². The molecule has 1 aromatic heterocycles. The van der Waals surface area contributed by atoms with Crippen LogP contribution in [0.4, 0.5) is 11.5 Å². The number of hydrogen-bond acceptors (Lipinski definition) is 6. The number of carbonyl (C=O) groups excluding carboxylic acids is 1. The van der Waals surface area contributed by atoms with E-state index in [-0.39, 0.29) is 5.56 Å². The van der Waals surface area contributed by atoms with Gasteiger partial charge in [-0.2, -0.15) is 5.26 Å². The minimum Gasteiger partial charge on any atom is -0.467 e. The van der Waals surface area contributed by atoms with Crippen LogP contribution in [0.1, 0.15) is 12.5 Å². The molecule has 0 aromatic carbocycles. The fourth-order valence-corrected chi connectivity index (χ4v) is 1.12. The van der Waals surface area contributed by atoms with Crippen LogP contribution < -0.4 is 11.1 Å². The van der Waals surface area contributed by atoms with Gasteiger partial charge < -0.3 is 15.8 Å². The Balaban J connectivity index is 2.90. The quantitative estimate of drug-likeness (QED) is 0.719. The number of ether oxygens (including phenoxy) is 1. The average Bonchev–Trinajstić information content (AvgIpc) is 2.30. The number of aromatic nitrogens is 1. The van der Waals surface area contributed by atoms with Crippen LogP contribution in [0.25, 0.3) is 0 Å². The molecule has 1 heterocycles. The van der Waals surface area contributed by atoms with Gasteiger partial charge in [0.1, 0.15) is 17.9 Å². The molecule has 0 saturated carbocycles. The summed E-state index contributed by atoms with van der Waals surface area (Å²) in [6.07, 6.45) is 1.41. The second-order valence-corrected chi connectivity index (χ2v) is 3.17. The number of carbonyl (C=O) groups is 1. The van der Waals surface area contributed by atoms with E-state index in [0.717, 1.165) is 0 Å². The summed E-state index contributed by atoms with van der Waals surface area (Å²) in [5, 5.41) is 11.6. The fourth-order valence-electron chi connectivity index (χ4n) is 1.12. The number of esters is 1. The van der Waals surface area contributed by atoms with E-state index in [9.17, 15) is 4.79 Å². The highest BCUT2D eigenvalue weighted by atomic mass is 16.5. The van der Waals surface area contributed by atoms with E-state index in [2.05, 4.69) is 15.0 Å². The summed E-state index contributed by atoms with van der Waals surface area (Å²) in [4.78, 5) is 15.1. The van der Waals surface area contributed by atoms with Crippen molar-refractivity contribution in [3.63, 3.8) is 0 Å². The third kappa shape index (κ3) is 2.60. The molecule has 6 heteroatoms. The van der Waals surface area contributed by atoms with Gasteiger partial charge in [-0.3, -0.25) is 0 Å². The lowest BCUT2D eigenvalue weighted by atomic mass is 10.2. The number of nitrogen functional groups attached to an aromatic ring is 1. The van der Waals surface area contributed by atoms with Gasteiger partial charge in [0.2, 0.25) is 0 Å². The average molecular weight is 220 g/mol. The maximum absolute atomic E-state index is 11.2. The van der Waals surface area contributed by atoms with E-state index in [1.165, 1.54) is 19.4 Å². The summed E-state index contributed by atoms with van der Waals surface area (Å²) >= 11 is 0. The standard InChI is InChI=1S/C10H12N4O2/c1-6(10(15)16-2)14-9-7(4-11)3-8(12)5-13-9/h3,5-6H,12H2,1-2H3,(H,13,14). The van der Waals surface area contributed by atoms with Crippen molar-refractivity contribution in [3.05, 3.63) is 17.8 Å². The molecule has 0 aliphatic heterocycles. The van der Waals surface area contributed by atoms with Crippen molar-refractivity contribution in [2.45, 2.75) is 13.0 Å². The zero-order valence-electron chi connectivity index (χ0n) is 9.02. The van der Waals surface area contributed by atoms with Crippen LogP contribution in [0.5, 0.6) is 0 Å². The van der Waals surface area contributed by atoms with Crippen molar-refractivity contribution in [1.82, 2.24) is 4.98 Å². The Morgan fingerprint density at radius 1 is 1.75 bits per heavy atom. The molecule has 3 N–H and O–H groups in total. The van der Waals surface area contributed by atoms with Gasteiger partial charge in [-0.25, -0.2) is 9.78 Å². The molecule has 0 aliphatic carbocycles. The highest BCUT2D eigenvalue weighted by molar-refractivity contribution is 5.79. The highest BCUT2D eigenvalue weighted by Gasteiger charge is 2.15. The first-order valence-electron chi connectivity index (χ1n) is 4.58. The first-order chi connectivity index (χ1) is 7.58. The molecule has 1 aromatic rings. The summed E-state index contributed by atoms with van der Waals surface area (Å²) in [7, 11) is 1.29. The molecule has 0 fully saturated rings. The van der Waals surface area contributed by atoms with Crippen LogP contribution in [0.3, 0.4) is 0 Å². The number of anilines is 2. The van der Waals surface area contributed by atoms with Crippen molar-refractivity contribution >= 4 is 17.5 Å². The lowest BCUT2D eigenvalue weighted by Gasteiger charge is -2.12. The Bertz CT molecular complexity index is 439. The molecule has 0 bridgehead atoms. The molecule has 0 radical (unpaired) electrons. The van der Waals surface area contributed by atoms with E-state index in [1.807, 2.05) is 6.07 Å². The number of hydrogen-bond donors (Lipinski definition) is 2. The van der Waals surface area contributed by atoms with Gasteiger partial charge in [-0.1, -0.05) is 0 Å². The smallest absolute Gasteiger partial charge is 0.328 e. The van der Waals surface area contributed by atoms with E-state index in [0.29, 0.717) is 11.5 Å². The number of nitrogens with two attached hydrogens (primary N) is 1. The molecule has 1 atom stereocenters. The Morgan fingerprint density at radius 3 is 3.00 bits per heavy atom. The van der Waals surface area contributed by atoms with Gasteiger partial charge in [0.05, 0.1) is 24.6 Å². The van der Waals surface area contributed by atoms with Crippen molar-refractivity contribution < 1.29 is 9.53 Å². The number of nitrogens with one attached hydrogen (secondary N) is 1. The van der Waals surface area contributed by atoms with Crippen molar-refractivity contribution in [3.8, 4) is 6.07 Å². The van der Waals surface area contributed by atoms with Crippen LogP contribution in [0, 0.1) is 11.3 Å². The third-order valence-electron chi connectivity index (χ3n) is 1.94. The molecule has 0 spiro atoms. The Morgan fingerprint density at radius 2 is 2.44 bits per heavy atom. The van der Waals surface area contributed by atoms with E-state index in [1.54, 1.807) is 6.92 Å². The molecule has 84 valence electrons. The minimum absolute atomic E-state index is 0.288. The van der Waals surface area contributed by atoms with Crippen LogP contribution in [0.2, 0.25) is 0 Å².